The number of nitrogens with one attached hydrogen (secondary N) is 2. The van der Waals surface area contributed by atoms with Gasteiger partial charge in [-0.1, -0.05) is 18.2 Å². The molecule has 0 spiro atoms. The minimum atomic E-state index is -0.453. The lowest BCUT2D eigenvalue weighted by atomic mass is 10.1. The molecule has 0 fully saturated rings. The number of anilines is 2. The maximum atomic E-state index is 13.2. The summed E-state index contributed by atoms with van der Waals surface area (Å²) in [6.45, 7) is 0.740. The van der Waals surface area contributed by atoms with Crippen molar-refractivity contribution in [3.63, 3.8) is 0 Å². The Labute approximate surface area is 157 Å². The lowest BCUT2D eigenvalue weighted by molar-refractivity contribution is 0.102. The van der Waals surface area contributed by atoms with Gasteiger partial charge < -0.3 is 15.4 Å². The van der Waals surface area contributed by atoms with E-state index in [1.54, 1.807) is 25.4 Å². The normalized spacial score (nSPS) is 10.3. The Kier molecular flexibility index (Phi) is 5.99. The molecule has 1 heterocycles. The Balaban J connectivity index is 1.51. The van der Waals surface area contributed by atoms with Gasteiger partial charge in [0.05, 0.1) is 19.0 Å². The van der Waals surface area contributed by atoms with Crippen molar-refractivity contribution in [3.05, 3.63) is 83.8 Å². The summed E-state index contributed by atoms with van der Waals surface area (Å²) in [6.07, 6.45) is 2.49. The van der Waals surface area contributed by atoms with Crippen LogP contribution in [0.5, 0.6) is 5.75 Å². The monoisotopic (exact) mass is 365 g/mol. The summed E-state index contributed by atoms with van der Waals surface area (Å²) in [6, 6.07) is 17.0. The van der Waals surface area contributed by atoms with Gasteiger partial charge >= 0.3 is 0 Å². The van der Waals surface area contributed by atoms with Gasteiger partial charge in [-0.2, -0.15) is 0 Å². The maximum absolute atomic E-state index is 13.2. The first kappa shape index (κ1) is 18.4. The molecular formula is C21H20FN3O2. The van der Waals surface area contributed by atoms with Gasteiger partial charge in [0.15, 0.2) is 0 Å². The average Bonchev–Trinajstić information content (AvgIpc) is 2.69. The Bertz CT molecular complexity index is 913. The molecule has 0 saturated heterocycles. The lowest BCUT2D eigenvalue weighted by Gasteiger charge is -2.09. The number of carbonyl (C=O) groups is 1. The molecule has 2 aromatic carbocycles. The van der Waals surface area contributed by atoms with E-state index >= 15 is 0 Å². The summed E-state index contributed by atoms with van der Waals surface area (Å²) < 4.78 is 18.4. The maximum Gasteiger partial charge on any atom is 0.256 e. The minimum Gasteiger partial charge on any atom is -0.497 e. The number of pyridine rings is 1. The van der Waals surface area contributed by atoms with Crippen LogP contribution >= 0.6 is 0 Å². The molecular weight excluding hydrogens is 345 g/mol. The summed E-state index contributed by atoms with van der Waals surface area (Å²) in [5.41, 5.74) is 2.27. The van der Waals surface area contributed by atoms with E-state index in [1.165, 1.54) is 23.8 Å². The smallest absolute Gasteiger partial charge is 0.256 e. The number of hydrogen-bond donors (Lipinski definition) is 2. The van der Waals surface area contributed by atoms with E-state index in [4.69, 9.17) is 4.74 Å². The molecule has 0 bridgehead atoms. The van der Waals surface area contributed by atoms with Crippen LogP contribution in [-0.4, -0.2) is 24.5 Å². The van der Waals surface area contributed by atoms with Crippen LogP contribution in [0.2, 0.25) is 0 Å². The van der Waals surface area contributed by atoms with Crippen LogP contribution in [0.25, 0.3) is 0 Å². The topological polar surface area (TPSA) is 63.2 Å². The second kappa shape index (κ2) is 8.80. The van der Waals surface area contributed by atoms with E-state index < -0.39 is 11.7 Å². The second-order valence-corrected chi connectivity index (χ2v) is 5.92. The number of amides is 1. The predicted molar refractivity (Wildman–Crippen MR) is 104 cm³/mol. The van der Waals surface area contributed by atoms with Crippen molar-refractivity contribution in [1.82, 2.24) is 4.98 Å². The summed E-state index contributed by atoms with van der Waals surface area (Å²) >= 11 is 0. The van der Waals surface area contributed by atoms with E-state index in [9.17, 15) is 9.18 Å². The van der Waals surface area contributed by atoms with Crippen LogP contribution in [0.1, 0.15) is 15.9 Å². The molecule has 0 aliphatic carbocycles. The van der Waals surface area contributed by atoms with Crippen molar-refractivity contribution in [2.75, 3.05) is 24.3 Å². The van der Waals surface area contributed by atoms with Gasteiger partial charge in [-0.25, -0.2) is 9.37 Å². The van der Waals surface area contributed by atoms with Crippen LogP contribution in [0.4, 0.5) is 15.9 Å². The van der Waals surface area contributed by atoms with Gasteiger partial charge in [-0.05, 0) is 54.4 Å². The van der Waals surface area contributed by atoms with Crippen LogP contribution in [0.3, 0.4) is 0 Å². The molecule has 0 unspecified atom stereocenters. The average molecular weight is 365 g/mol. The van der Waals surface area contributed by atoms with E-state index in [2.05, 4.69) is 15.6 Å². The van der Waals surface area contributed by atoms with Crippen LogP contribution < -0.4 is 15.4 Å². The number of methoxy groups -OCH3 is 1. The molecule has 0 aliphatic rings. The molecule has 1 amide bonds. The van der Waals surface area contributed by atoms with E-state index in [-0.39, 0.29) is 5.56 Å². The molecule has 0 aliphatic heterocycles. The molecule has 3 aromatic rings. The quantitative estimate of drug-likeness (QED) is 0.661. The molecule has 2 N–H and O–H groups in total. The fourth-order valence-electron chi connectivity index (χ4n) is 2.57. The standard InChI is InChI=1S/C21H20FN3O2/c1-27-19-7-2-4-15(12-19)10-11-23-18-8-9-20(24-14-18)25-21(26)16-5-3-6-17(22)13-16/h2-9,12-14,23H,10-11H2,1H3,(H,24,25,26). The number of benzene rings is 2. The van der Waals surface area contributed by atoms with Crippen molar-refractivity contribution in [2.45, 2.75) is 6.42 Å². The zero-order valence-electron chi connectivity index (χ0n) is 14.9. The van der Waals surface area contributed by atoms with E-state index in [0.717, 1.165) is 24.4 Å². The summed E-state index contributed by atoms with van der Waals surface area (Å²) in [5.74, 6) is 0.391. The number of ether oxygens (including phenoxy) is 1. The second-order valence-electron chi connectivity index (χ2n) is 5.92. The van der Waals surface area contributed by atoms with Crippen LogP contribution in [0, 0.1) is 5.82 Å². The van der Waals surface area contributed by atoms with Crippen molar-refractivity contribution < 1.29 is 13.9 Å². The number of halogens is 1. The minimum absolute atomic E-state index is 0.247. The third-order valence-electron chi connectivity index (χ3n) is 3.97. The van der Waals surface area contributed by atoms with E-state index in [1.807, 2.05) is 30.3 Å². The van der Waals surface area contributed by atoms with Gasteiger partial charge in [0, 0.05) is 12.1 Å². The first-order chi connectivity index (χ1) is 13.1. The number of hydrogen-bond acceptors (Lipinski definition) is 4. The fourth-order valence-corrected chi connectivity index (χ4v) is 2.57. The number of nitrogens with zero attached hydrogens (tertiary/aromatic N) is 1. The van der Waals surface area contributed by atoms with Gasteiger partial charge in [-0.3, -0.25) is 4.79 Å². The Morgan fingerprint density at radius 1 is 1.11 bits per heavy atom. The molecule has 0 atom stereocenters. The highest BCUT2D eigenvalue weighted by molar-refractivity contribution is 6.03. The first-order valence-electron chi connectivity index (χ1n) is 8.54. The molecule has 6 heteroatoms. The molecule has 0 saturated carbocycles. The third-order valence-corrected chi connectivity index (χ3v) is 3.97. The van der Waals surface area contributed by atoms with Gasteiger partial charge in [-0.15, -0.1) is 0 Å². The molecule has 3 rings (SSSR count). The third kappa shape index (κ3) is 5.28. The van der Waals surface area contributed by atoms with Crippen molar-refractivity contribution in [1.29, 1.82) is 0 Å². The summed E-state index contributed by atoms with van der Waals surface area (Å²) in [4.78, 5) is 16.3. The van der Waals surface area contributed by atoms with Crippen LogP contribution in [0.15, 0.2) is 66.9 Å². The highest BCUT2D eigenvalue weighted by atomic mass is 19.1. The van der Waals surface area contributed by atoms with Gasteiger partial charge in [0.2, 0.25) is 0 Å². The highest BCUT2D eigenvalue weighted by Gasteiger charge is 2.07. The van der Waals surface area contributed by atoms with E-state index in [0.29, 0.717) is 5.82 Å². The van der Waals surface area contributed by atoms with Gasteiger partial charge in [0.25, 0.3) is 5.91 Å². The summed E-state index contributed by atoms with van der Waals surface area (Å²) in [5, 5.41) is 5.93. The highest BCUT2D eigenvalue weighted by Crippen LogP contribution is 2.14. The number of rotatable bonds is 7. The summed E-state index contributed by atoms with van der Waals surface area (Å²) in [7, 11) is 1.65. The number of aromatic nitrogens is 1. The SMILES string of the molecule is COc1cccc(CCNc2ccc(NC(=O)c3cccc(F)c3)nc2)c1. The zero-order chi connectivity index (χ0) is 19.1. The number of carbonyl (C=O) groups excluding carboxylic acids is 1. The van der Waals surface area contributed by atoms with Crippen molar-refractivity contribution in [3.8, 4) is 5.75 Å². The van der Waals surface area contributed by atoms with Crippen molar-refractivity contribution >= 4 is 17.4 Å². The molecule has 5 nitrogen and oxygen atoms in total. The largest absolute Gasteiger partial charge is 0.497 e. The molecule has 138 valence electrons. The molecule has 1 aromatic heterocycles. The van der Waals surface area contributed by atoms with Crippen LogP contribution in [-0.2, 0) is 6.42 Å². The Morgan fingerprint density at radius 2 is 1.96 bits per heavy atom. The predicted octanol–water partition coefficient (Wildman–Crippen LogP) is 4.14. The Hall–Kier alpha value is -3.41. The first-order valence-corrected chi connectivity index (χ1v) is 8.54. The van der Waals surface area contributed by atoms with Crippen molar-refractivity contribution in [2.24, 2.45) is 0 Å². The van der Waals surface area contributed by atoms with Gasteiger partial charge in [0.1, 0.15) is 17.4 Å². The fraction of sp³-hybridized carbons (Fsp3) is 0.143. The zero-order valence-corrected chi connectivity index (χ0v) is 14.9. The molecule has 27 heavy (non-hydrogen) atoms. The molecule has 0 radical (unpaired) electrons. The lowest BCUT2D eigenvalue weighted by Crippen LogP contribution is -2.13. The Morgan fingerprint density at radius 3 is 2.70 bits per heavy atom.